The predicted octanol–water partition coefficient (Wildman–Crippen LogP) is 2.57. The van der Waals surface area contributed by atoms with E-state index in [0.29, 0.717) is 24.3 Å². The molecule has 2 saturated heterocycles. The summed E-state index contributed by atoms with van der Waals surface area (Å²) in [6, 6.07) is 17.0. The van der Waals surface area contributed by atoms with Crippen molar-refractivity contribution in [1.29, 1.82) is 5.26 Å². The third kappa shape index (κ3) is 5.11. The van der Waals surface area contributed by atoms with Gasteiger partial charge in [0.1, 0.15) is 17.9 Å². The summed E-state index contributed by atoms with van der Waals surface area (Å²) in [5.74, 6) is 3.96. The number of amides is 5. The molecule has 3 aliphatic heterocycles. The maximum absolute atomic E-state index is 13.4. The number of anilines is 2. The molecule has 4 aromatic rings. The number of rotatable bonds is 5. The van der Waals surface area contributed by atoms with E-state index in [1.807, 2.05) is 29.2 Å². The van der Waals surface area contributed by atoms with Gasteiger partial charge in [-0.15, -0.1) is 5.10 Å². The van der Waals surface area contributed by atoms with Crippen LogP contribution in [0.25, 0.3) is 10.8 Å². The van der Waals surface area contributed by atoms with Crippen molar-refractivity contribution in [2.24, 2.45) is 5.92 Å². The molecule has 2 fully saturated rings. The molecule has 1 aromatic heterocycles. The number of piperidine rings is 1. The van der Waals surface area contributed by atoms with Crippen molar-refractivity contribution < 1.29 is 24.0 Å². The summed E-state index contributed by atoms with van der Waals surface area (Å²) in [4.78, 5) is 70.7. The molecule has 48 heavy (non-hydrogen) atoms. The highest BCUT2D eigenvalue weighted by atomic mass is 16.2. The summed E-state index contributed by atoms with van der Waals surface area (Å²) >= 11 is 0. The van der Waals surface area contributed by atoms with Crippen molar-refractivity contribution in [3.63, 3.8) is 0 Å². The summed E-state index contributed by atoms with van der Waals surface area (Å²) in [6.45, 7) is 4.61. The molecular formula is C35H28N8O5. The van der Waals surface area contributed by atoms with Gasteiger partial charge in [-0.25, -0.2) is 9.67 Å². The van der Waals surface area contributed by atoms with Gasteiger partial charge in [0.05, 0.1) is 28.7 Å². The van der Waals surface area contributed by atoms with Crippen LogP contribution in [0.3, 0.4) is 0 Å². The Labute approximate surface area is 274 Å². The lowest BCUT2D eigenvalue weighted by atomic mass is 9.98. The third-order valence-electron chi connectivity index (χ3n) is 8.97. The van der Waals surface area contributed by atoms with Crippen molar-refractivity contribution in [3.05, 3.63) is 83.4 Å². The number of nitrogens with zero attached hydrogens (tertiary/aromatic N) is 6. The molecule has 0 bridgehead atoms. The van der Waals surface area contributed by atoms with E-state index in [0.717, 1.165) is 21.4 Å². The van der Waals surface area contributed by atoms with Crippen LogP contribution in [0.4, 0.5) is 11.4 Å². The zero-order valence-electron chi connectivity index (χ0n) is 26.0. The Kier molecular flexibility index (Phi) is 7.25. The molecule has 7 rings (SSSR count). The Morgan fingerprint density at radius 2 is 1.75 bits per heavy atom. The molecule has 0 aliphatic carbocycles. The fourth-order valence-electron chi connectivity index (χ4n) is 6.08. The van der Waals surface area contributed by atoms with E-state index in [1.54, 1.807) is 44.2 Å². The number of nitrogens with one attached hydrogen (secondary N) is 2. The highest BCUT2D eigenvalue weighted by Gasteiger charge is 2.45. The first-order valence-corrected chi connectivity index (χ1v) is 15.3. The lowest BCUT2D eigenvalue weighted by Gasteiger charge is -2.38. The average Bonchev–Trinajstić information content (AvgIpc) is 3.63. The van der Waals surface area contributed by atoms with Crippen LogP contribution in [0.2, 0.25) is 0 Å². The quantitative estimate of drug-likeness (QED) is 0.246. The molecule has 0 saturated carbocycles. The first-order chi connectivity index (χ1) is 23.0. The second-order valence-corrected chi connectivity index (χ2v) is 12.4. The second kappa shape index (κ2) is 11.5. The Balaban J connectivity index is 0.988. The maximum atomic E-state index is 13.4. The van der Waals surface area contributed by atoms with Crippen LogP contribution < -0.4 is 15.5 Å². The fraction of sp³-hybridized carbons (Fsp3) is 0.257. The van der Waals surface area contributed by atoms with E-state index < -0.39 is 35.2 Å². The Bertz CT molecular complexity index is 2180. The molecular weight excluding hydrogens is 612 g/mol. The first kappa shape index (κ1) is 30.3. The Morgan fingerprint density at radius 1 is 1.00 bits per heavy atom. The highest BCUT2D eigenvalue weighted by Crippen LogP contribution is 2.33. The molecule has 3 aromatic carbocycles. The molecule has 2 N–H and O–H groups in total. The standard InChI is InChI=1S/C35H28N8O5/c1-35(2,34(48)38-27-11-8-21(16-36)23-5-3-4-6-24(23)27)42-19-37-29(40-42)13-7-20-17-41(18-20)22-9-10-25-26(15-22)33(47)43(32(25)46)28-12-14-30(44)39-31(28)45/h3-6,8-11,15,19-20,28H,12,14,17-18H2,1-2H3,(H,38,48)(H,39,44,45). The summed E-state index contributed by atoms with van der Waals surface area (Å²) in [6.07, 6.45) is 1.63. The number of hydrogen-bond acceptors (Lipinski definition) is 9. The van der Waals surface area contributed by atoms with Gasteiger partial charge in [-0.2, -0.15) is 5.26 Å². The number of hydrogen-bond donors (Lipinski definition) is 2. The molecule has 0 radical (unpaired) electrons. The van der Waals surface area contributed by atoms with Gasteiger partial charge in [-0.3, -0.25) is 34.2 Å². The number of nitriles is 1. The molecule has 13 heteroatoms. The van der Waals surface area contributed by atoms with E-state index in [-0.39, 0.29) is 41.6 Å². The van der Waals surface area contributed by atoms with Gasteiger partial charge in [-0.1, -0.05) is 30.2 Å². The van der Waals surface area contributed by atoms with Crippen LogP contribution in [0, 0.1) is 29.1 Å². The Morgan fingerprint density at radius 3 is 2.50 bits per heavy atom. The van der Waals surface area contributed by atoms with Gasteiger partial charge in [0.2, 0.25) is 17.6 Å². The fourth-order valence-corrected chi connectivity index (χ4v) is 6.08. The second-order valence-electron chi connectivity index (χ2n) is 12.4. The molecule has 4 heterocycles. The van der Waals surface area contributed by atoms with Gasteiger partial charge in [0.25, 0.3) is 17.7 Å². The van der Waals surface area contributed by atoms with Crippen molar-refractivity contribution >= 4 is 51.7 Å². The maximum Gasteiger partial charge on any atom is 0.262 e. The molecule has 1 atom stereocenters. The lowest BCUT2D eigenvalue weighted by Crippen LogP contribution is -2.54. The molecule has 13 nitrogen and oxygen atoms in total. The molecule has 3 aliphatic rings. The Hall–Kier alpha value is -6.34. The number of aromatic nitrogens is 3. The monoisotopic (exact) mass is 640 g/mol. The first-order valence-electron chi connectivity index (χ1n) is 15.3. The predicted molar refractivity (Wildman–Crippen MR) is 172 cm³/mol. The smallest absolute Gasteiger partial charge is 0.262 e. The van der Waals surface area contributed by atoms with Crippen molar-refractivity contribution in [2.75, 3.05) is 23.3 Å². The number of benzene rings is 3. The third-order valence-corrected chi connectivity index (χ3v) is 8.97. The summed E-state index contributed by atoms with van der Waals surface area (Å²) in [7, 11) is 0. The number of imide groups is 2. The van der Waals surface area contributed by atoms with E-state index in [1.165, 1.54) is 11.0 Å². The molecule has 1 unspecified atom stereocenters. The van der Waals surface area contributed by atoms with Gasteiger partial charge in [0, 0.05) is 41.7 Å². The minimum Gasteiger partial charge on any atom is -0.369 e. The highest BCUT2D eigenvalue weighted by molar-refractivity contribution is 6.23. The van der Waals surface area contributed by atoms with Crippen LogP contribution in [0.1, 0.15) is 58.8 Å². The largest absolute Gasteiger partial charge is 0.369 e. The topological polar surface area (TPSA) is 170 Å². The van der Waals surface area contributed by atoms with Gasteiger partial charge in [0.15, 0.2) is 0 Å². The van der Waals surface area contributed by atoms with E-state index in [2.05, 4.69) is 38.6 Å². The summed E-state index contributed by atoms with van der Waals surface area (Å²) < 4.78 is 1.46. The van der Waals surface area contributed by atoms with Crippen LogP contribution >= 0.6 is 0 Å². The zero-order valence-corrected chi connectivity index (χ0v) is 26.0. The van der Waals surface area contributed by atoms with E-state index >= 15 is 0 Å². The lowest BCUT2D eigenvalue weighted by molar-refractivity contribution is -0.136. The van der Waals surface area contributed by atoms with Gasteiger partial charge in [-0.05, 0) is 56.5 Å². The number of carbonyl (C=O) groups excluding carboxylic acids is 5. The van der Waals surface area contributed by atoms with Crippen molar-refractivity contribution in [2.45, 2.75) is 38.3 Å². The van der Waals surface area contributed by atoms with Crippen molar-refractivity contribution in [3.8, 4) is 17.9 Å². The average molecular weight is 641 g/mol. The SMILES string of the molecule is CC(C)(C(=O)Nc1ccc(C#N)c2ccccc12)n1cnc(C#CC2CN(c3ccc4c(c3)C(=O)N(C3CCC(=O)NC3=O)C4=O)C2)n1. The van der Waals surface area contributed by atoms with Gasteiger partial charge < -0.3 is 10.2 Å². The van der Waals surface area contributed by atoms with Gasteiger partial charge >= 0.3 is 0 Å². The number of carbonyl (C=O) groups is 5. The van der Waals surface area contributed by atoms with Crippen LogP contribution in [0.15, 0.2) is 60.9 Å². The minimum absolute atomic E-state index is 0.00322. The molecule has 5 amide bonds. The van der Waals surface area contributed by atoms with Crippen molar-refractivity contribution in [1.82, 2.24) is 25.0 Å². The molecule has 238 valence electrons. The van der Waals surface area contributed by atoms with Crippen LogP contribution in [-0.4, -0.2) is 68.3 Å². The van der Waals surface area contributed by atoms with E-state index in [9.17, 15) is 29.2 Å². The van der Waals surface area contributed by atoms with Crippen LogP contribution in [-0.2, 0) is 19.9 Å². The van der Waals surface area contributed by atoms with Crippen LogP contribution in [0.5, 0.6) is 0 Å². The normalized spacial score (nSPS) is 17.7. The summed E-state index contributed by atoms with van der Waals surface area (Å²) in [5, 5.41) is 20.6. The zero-order chi connectivity index (χ0) is 33.7. The molecule has 0 spiro atoms. The van der Waals surface area contributed by atoms with E-state index in [4.69, 9.17) is 0 Å². The number of fused-ring (bicyclic) bond motifs is 2. The minimum atomic E-state index is -1.10. The summed E-state index contributed by atoms with van der Waals surface area (Å²) in [5.41, 5.74) is 1.22.